The SMILES string of the molecule is NC(=O)c1ccccc1-c1ccc(F)cc1Br. The number of nitrogens with two attached hydrogens (primary N) is 1. The fourth-order valence-corrected chi connectivity index (χ4v) is 2.21. The normalized spacial score (nSPS) is 10.2. The van der Waals surface area contributed by atoms with Crippen molar-refractivity contribution in [2.24, 2.45) is 5.73 Å². The van der Waals surface area contributed by atoms with E-state index in [-0.39, 0.29) is 5.82 Å². The molecule has 1 amide bonds. The fourth-order valence-electron chi connectivity index (χ4n) is 1.64. The van der Waals surface area contributed by atoms with Gasteiger partial charge in [-0.05, 0) is 29.3 Å². The first-order valence-corrected chi connectivity index (χ1v) is 5.73. The number of rotatable bonds is 2. The van der Waals surface area contributed by atoms with E-state index < -0.39 is 5.91 Å². The number of carbonyl (C=O) groups excluding carboxylic acids is 1. The van der Waals surface area contributed by atoms with Gasteiger partial charge < -0.3 is 5.73 Å². The third kappa shape index (κ3) is 2.36. The van der Waals surface area contributed by atoms with Crippen LogP contribution in [0.25, 0.3) is 11.1 Å². The van der Waals surface area contributed by atoms with Crippen LogP contribution in [0.5, 0.6) is 0 Å². The smallest absolute Gasteiger partial charge is 0.249 e. The van der Waals surface area contributed by atoms with E-state index in [1.54, 1.807) is 30.3 Å². The average molecular weight is 294 g/mol. The lowest BCUT2D eigenvalue weighted by Crippen LogP contribution is -2.12. The highest BCUT2D eigenvalue weighted by atomic mass is 79.9. The molecule has 2 aromatic rings. The van der Waals surface area contributed by atoms with E-state index in [1.165, 1.54) is 12.1 Å². The van der Waals surface area contributed by atoms with Crippen LogP contribution in [0.15, 0.2) is 46.9 Å². The summed E-state index contributed by atoms with van der Waals surface area (Å²) in [6, 6.07) is 11.3. The van der Waals surface area contributed by atoms with Gasteiger partial charge in [-0.15, -0.1) is 0 Å². The average Bonchev–Trinajstić information content (AvgIpc) is 2.29. The maximum Gasteiger partial charge on any atom is 0.249 e. The number of amides is 1. The Morgan fingerprint density at radius 1 is 1.12 bits per heavy atom. The Morgan fingerprint density at radius 2 is 1.82 bits per heavy atom. The van der Waals surface area contributed by atoms with E-state index >= 15 is 0 Å². The largest absolute Gasteiger partial charge is 0.366 e. The Bertz CT molecular complexity index is 583. The summed E-state index contributed by atoms with van der Waals surface area (Å²) in [7, 11) is 0. The molecule has 17 heavy (non-hydrogen) atoms. The highest BCUT2D eigenvalue weighted by Crippen LogP contribution is 2.31. The summed E-state index contributed by atoms with van der Waals surface area (Å²) in [5, 5.41) is 0. The van der Waals surface area contributed by atoms with Crippen molar-refractivity contribution in [2.45, 2.75) is 0 Å². The zero-order valence-electron chi connectivity index (χ0n) is 8.78. The molecule has 0 bridgehead atoms. The molecule has 0 radical (unpaired) electrons. The van der Waals surface area contributed by atoms with Crippen molar-refractivity contribution in [3.63, 3.8) is 0 Å². The number of halogens is 2. The minimum absolute atomic E-state index is 0.336. The molecule has 0 atom stereocenters. The van der Waals surface area contributed by atoms with Crippen LogP contribution in [0, 0.1) is 5.82 Å². The lowest BCUT2D eigenvalue weighted by Gasteiger charge is -2.08. The first-order valence-electron chi connectivity index (χ1n) is 4.94. The molecule has 0 spiro atoms. The Hall–Kier alpha value is -1.68. The predicted octanol–water partition coefficient (Wildman–Crippen LogP) is 3.35. The zero-order chi connectivity index (χ0) is 12.4. The zero-order valence-corrected chi connectivity index (χ0v) is 10.4. The third-order valence-electron chi connectivity index (χ3n) is 2.41. The summed E-state index contributed by atoms with van der Waals surface area (Å²) in [6.45, 7) is 0. The maximum atomic E-state index is 13.0. The molecule has 0 aliphatic heterocycles. The van der Waals surface area contributed by atoms with E-state index in [9.17, 15) is 9.18 Å². The molecule has 0 fully saturated rings. The van der Waals surface area contributed by atoms with Crippen LogP contribution in [0.2, 0.25) is 0 Å². The van der Waals surface area contributed by atoms with Crippen LogP contribution >= 0.6 is 15.9 Å². The van der Waals surface area contributed by atoms with Crippen molar-refractivity contribution >= 4 is 21.8 Å². The summed E-state index contributed by atoms with van der Waals surface area (Å²) in [4.78, 5) is 11.3. The van der Waals surface area contributed by atoms with Gasteiger partial charge in [0.1, 0.15) is 5.82 Å². The van der Waals surface area contributed by atoms with Gasteiger partial charge in [0.25, 0.3) is 0 Å². The van der Waals surface area contributed by atoms with Crippen molar-refractivity contribution in [2.75, 3.05) is 0 Å². The van der Waals surface area contributed by atoms with E-state index in [2.05, 4.69) is 15.9 Å². The van der Waals surface area contributed by atoms with Crippen LogP contribution in [-0.4, -0.2) is 5.91 Å². The number of hydrogen-bond donors (Lipinski definition) is 1. The van der Waals surface area contributed by atoms with Crippen LogP contribution < -0.4 is 5.73 Å². The molecule has 0 saturated carbocycles. The van der Waals surface area contributed by atoms with Crippen molar-refractivity contribution in [1.29, 1.82) is 0 Å². The molecule has 2 N–H and O–H groups in total. The first kappa shape index (κ1) is 11.8. The van der Waals surface area contributed by atoms with E-state index in [4.69, 9.17) is 5.73 Å². The lowest BCUT2D eigenvalue weighted by atomic mass is 9.99. The summed E-state index contributed by atoms with van der Waals surface area (Å²) in [5.41, 5.74) is 7.14. The highest BCUT2D eigenvalue weighted by molar-refractivity contribution is 9.10. The fraction of sp³-hybridized carbons (Fsp3) is 0. The Labute approximate surface area is 106 Å². The van der Waals surface area contributed by atoms with Gasteiger partial charge in [0.05, 0.1) is 0 Å². The van der Waals surface area contributed by atoms with Gasteiger partial charge in [0.2, 0.25) is 5.91 Å². The second-order valence-electron chi connectivity index (χ2n) is 3.53. The van der Waals surface area contributed by atoms with Gasteiger partial charge in [0, 0.05) is 10.0 Å². The predicted molar refractivity (Wildman–Crippen MR) is 68.1 cm³/mol. The van der Waals surface area contributed by atoms with Crippen molar-refractivity contribution in [1.82, 2.24) is 0 Å². The Kier molecular flexibility index (Phi) is 3.24. The molecule has 4 heteroatoms. The van der Waals surface area contributed by atoms with Crippen LogP contribution in [-0.2, 0) is 0 Å². The molecular formula is C13H9BrFNO. The summed E-state index contributed by atoms with van der Waals surface area (Å²) < 4.78 is 13.6. The second kappa shape index (κ2) is 4.67. The third-order valence-corrected chi connectivity index (χ3v) is 3.07. The van der Waals surface area contributed by atoms with E-state index in [1.807, 2.05) is 0 Å². The Morgan fingerprint density at radius 3 is 2.47 bits per heavy atom. The van der Waals surface area contributed by atoms with Gasteiger partial charge in [0.15, 0.2) is 0 Å². The molecule has 0 saturated heterocycles. The molecule has 0 unspecified atom stereocenters. The second-order valence-corrected chi connectivity index (χ2v) is 4.39. The van der Waals surface area contributed by atoms with Gasteiger partial charge in [-0.3, -0.25) is 4.79 Å². The molecule has 0 aromatic heterocycles. The lowest BCUT2D eigenvalue weighted by molar-refractivity contribution is 0.100. The molecule has 2 rings (SSSR count). The van der Waals surface area contributed by atoms with E-state index in [0.29, 0.717) is 15.6 Å². The molecule has 0 aliphatic carbocycles. The van der Waals surface area contributed by atoms with Crippen molar-refractivity contribution in [3.8, 4) is 11.1 Å². The first-order chi connectivity index (χ1) is 8.09. The van der Waals surface area contributed by atoms with Crippen molar-refractivity contribution < 1.29 is 9.18 Å². The monoisotopic (exact) mass is 293 g/mol. The molecule has 2 aromatic carbocycles. The molecule has 0 aliphatic rings. The van der Waals surface area contributed by atoms with Gasteiger partial charge in [-0.25, -0.2) is 4.39 Å². The Balaban J connectivity index is 2.64. The molecular weight excluding hydrogens is 285 g/mol. The van der Waals surface area contributed by atoms with E-state index in [0.717, 1.165) is 5.56 Å². The number of hydrogen-bond acceptors (Lipinski definition) is 1. The van der Waals surface area contributed by atoms with Crippen LogP contribution in [0.1, 0.15) is 10.4 Å². The maximum absolute atomic E-state index is 13.0. The number of primary amides is 1. The quantitative estimate of drug-likeness (QED) is 0.906. The minimum atomic E-state index is -0.503. The van der Waals surface area contributed by atoms with Gasteiger partial charge in [-0.2, -0.15) is 0 Å². The number of benzene rings is 2. The van der Waals surface area contributed by atoms with Crippen LogP contribution in [0.3, 0.4) is 0 Å². The summed E-state index contributed by atoms with van der Waals surface area (Å²) in [6.07, 6.45) is 0. The van der Waals surface area contributed by atoms with Crippen LogP contribution in [0.4, 0.5) is 4.39 Å². The molecule has 0 heterocycles. The highest BCUT2D eigenvalue weighted by Gasteiger charge is 2.11. The topological polar surface area (TPSA) is 43.1 Å². The number of carbonyl (C=O) groups is 1. The van der Waals surface area contributed by atoms with Gasteiger partial charge >= 0.3 is 0 Å². The van der Waals surface area contributed by atoms with Crippen molar-refractivity contribution in [3.05, 3.63) is 58.3 Å². The van der Waals surface area contributed by atoms with Gasteiger partial charge in [-0.1, -0.05) is 40.2 Å². The molecule has 86 valence electrons. The molecule has 2 nitrogen and oxygen atoms in total. The minimum Gasteiger partial charge on any atom is -0.366 e. The standard InChI is InChI=1S/C13H9BrFNO/c14-12-7-8(15)5-6-10(12)9-3-1-2-4-11(9)13(16)17/h1-7H,(H2,16,17). The summed E-state index contributed by atoms with van der Waals surface area (Å²) in [5.74, 6) is -0.839. The summed E-state index contributed by atoms with van der Waals surface area (Å²) >= 11 is 3.27.